The van der Waals surface area contributed by atoms with E-state index in [0.29, 0.717) is 31.1 Å². The molecule has 0 saturated carbocycles. The highest BCUT2D eigenvalue weighted by Gasteiger charge is 2.13. The first-order valence-corrected chi connectivity index (χ1v) is 6.61. The molecule has 4 heteroatoms. The molecule has 0 aliphatic heterocycles. The molecule has 19 heavy (non-hydrogen) atoms. The molecule has 4 nitrogen and oxygen atoms in total. The number of hydrogen-bond donors (Lipinski definition) is 0. The van der Waals surface area contributed by atoms with E-state index in [9.17, 15) is 4.79 Å². The van der Waals surface area contributed by atoms with E-state index in [2.05, 4.69) is 0 Å². The SMILES string of the molecule is CCOc1ccccc1C(=O)CN(C)CCCOC. The van der Waals surface area contributed by atoms with Crippen LogP contribution < -0.4 is 4.74 Å². The van der Waals surface area contributed by atoms with Gasteiger partial charge in [-0.25, -0.2) is 0 Å². The molecule has 0 fully saturated rings. The minimum Gasteiger partial charge on any atom is -0.493 e. The number of rotatable bonds is 9. The monoisotopic (exact) mass is 265 g/mol. The quantitative estimate of drug-likeness (QED) is 0.507. The van der Waals surface area contributed by atoms with Crippen molar-refractivity contribution in [2.24, 2.45) is 0 Å². The zero-order chi connectivity index (χ0) is 14.1. The Balaban J connectivity index is 2.57. The van der Waals surface area contributed by atoms with E-state index in [1.807, 2.05) is 43.1 Å². The van der Waals surface area contributed by atoms with Gasteiger partial charge in [-0.05, 0) is 32.5 Å². The molecule has 0 unspecified atom stereocenters. The Morgan fingerprint density at radius 1 is 1.32 bits per heavy atom. The highest BCUT2D eigenvalue weighted by molar-refractivity contribution is 6.00. The van der Waals surface area contributed by atoms with Gasteiger partial charge in [-0.1, -0.05) is 12.1 Å². The molecule has 0 aliphatic rings. The lowest BCUT2D eigenvalue weighted by atomic mass is 10.1. The van der Waals surface area contributed by atoms with Gasteiger partial charge in [0.05, 0.1) is 18.7 Å². The van der Waals surface area contributed by atoms with Gasteiger partial charge in [-0.15, -0.1) is 0 Å². The number of benzene rings is 1. The van der Waals surface area contributed by atoms with Crippen LogP contribution in [0.5, 0.6) is 5.75 Å². The molecule has 1 aromatic carbocycles. The number of nitrogens with zero attached hydrogens (tertiary/aromatic N) is 1. The smallest absolute Gasteiger partial charge is 0.180 e. The Bertz CT molecular complexity index is 393. The molecular weight excluding hydrogens is 242 g/mol. The van der Waals surface area contributed by atoms with Gasteiger partial charge in [-0.2, -0.15) is 0 Å². The van der Waals surface area contributed by atoms with Crippen LogP contribution in [0.1, 0.15) is 23.7 Å². The molecule has 0 spiro atoms. The summed E-state index contributed by atoms with van der Waals surface area (Å²) in [7, 11) is 3.63. The van der Waals surface area contributed by atoms with Gasteiger partial charge in [-0.3, -0.25) is 9.69 Å². The molecule has 1 aromatic rings. The summed E-state index contributed by atoms with van der Waals surface area (Å²) in [5, 5.41) is 0. The Morgan fingerprint density at radius 2 is 2.05 bits per heavy atom. The second-order valence-electron chi connectivity index (χ2n) is 4.44. The summed E-state index contributed by atoms with van der Waals surface area (Å²) in [4.78, 5) is 14.2. The summed E-state index contributed by atoms with van der Waals surface area (Å²) in [6, 6.07) is 7.39. The number of ketones is 1. The van der Waals surface area contributed by atoms with Crippen LogP contribution in [0.25, 0.3) is 0 Å². The molecule has 0 saturated heterocycles. The zero-order valence-corrected chi connectivity index (χ0v) is 12.0. The van der Waals surface area contributed by atoms with Crippen molar-refractivity contribution < 1.29 is 14.3 Å². The van der Waals surface area contributed by atoms with Gasteiger partial charge < -0.3 is 9.47 Å². The Kier molecular flexibility index (Phi) is 7.15. The molecule has 0 amide bonds. The lowest BCUT2D eigenvalue weighted by Gasteiger charge is -2.16. The van der Waals surface area contributed by atoms with Crippen LogP contribution in [0.4, 0.5) is 0 Å². The lowest BCUT2D eigenvalue weighted by Crippen LogP contribution is -2.27. The first-order chi connectivity index (χ1) is 9.19. The first kappa shape index (κ1) is 15.7. The second kappa shape index (κ2) is 8.67. The van der Waals surface area contributed by atoms with E-state index in [1.165, 1.54) is 0 Å². The highest BCUT2D eigenvalue weighted by atomic mass is 16.5. The predicted octanol–water partition coefficient (Wildman–Crippen LogP) is 2.24. The molecule has 0 radical (unpaired) electrons. The minimum atomic E-state index is 0.0870. The topological polar surface area (TPSA) is 38.8 Å². The number of carbonyl (C=O) groups excluding carboxylic acids is 1. The molecule has 0 bridgehead atoms. The van der Waals surface area contributed by atoms with Crippen molar-refractivity contribution in [2.45, 2.75) is 13.3 Å². The number of carbonyl (C=O) groups is 1. The maximum absolute atomic E-state index is 12.2. The number of para-hydroxylation sites is 1. The summed E-state index contributed by atoms with van der Waals surface area (Å²) in [6.45, 7) is 4.43. The predicted molar refractivity (Wildman–Crippen MR) is 75.9 cm³/mol. The van der Waals surface area contributed by atoms with Gasteiger partial charge in [0.15, 0.2) is 5.78 Å². The van der Waals surface area contributed by atoms with E-state index in [4.69, 9.17) is 9.47 Å². The summed E-state index contributed by atoms with van der Waals surface area (Å²) in [5.41, 5.74) is 0.656. The van der Waals surface area contributed by atoms with E-state index >= 15 is 0 Å². The van der Waals surface area contributed by atoms with Crippen molar-refractivity contribution in [1.29, 1.82) is 0 Å². The standard InChI is InChI=1S/C15H23NO3/c1-4-19-15-9-6-5-8-13(15)14(17)12-16(2)10-7-11-18-3/h5-6,8-9H,4,7,10-12H2,1-3H3. The number of Topliss-reactive ketones (excluding diaryl/α,β-unsaturated/α-hetero) is 1. The van der Waals surface area contributed by atoms with Crippen LogP contribution in [0.3, 0.4) is 0 Å². The Morgan fingerprint density at radius 3 is 2.74 bits per heavy atom. The van der Waals surface area contributed by atoms with Gasteiger partial charge in [0.25, 0.3) is 0 Å². The Hall–Kier alpha value is -1.39. The van der Waals surface area contributed by atoms with Gasteiger partial charge >= 0.3 is 0 Å². The van der Waals surface area contributed by atoms with Crippen molar-refractivity contribution >= 4 is 5.78 Å². The number of hydrogen-bond acceptors (Lipinski definition) is 4. The van der Waals surface area contributed by atoms with Crippen LogP contribution in [0.15, 0.2) is 24.3 Å². The fourth-order valence-electron chi connectivity index (χ4n) is 1.87. The first-order valence-electron chi connectivity index (χ1n) is 6.61. The molecule has 0 aliphatic carbocycles. The second-order valence-corrected chi connectivity index (χ2v) is 4.44. The molecule has 106 valence electrons. The van der Waals surface area contributed by atoms with Gasteiger partial charge in [0.1, 0.15) is 5.75 Å². The van der Waals surface area contributed by atoms with Crippen LogP contribution >= 0.6 is 0 Å². The fourth-order valence-corrected chi connectivity index (χ4v) is 1.87. The zero-order valence-electron chi connectivity index (χ0n) is 12.0. The van der Waals surface area contributed by atoms with Gasteiger partial charge in [0, 0.05) is 20.3 Å². The Labute approximate surface area is 115 Å². The van der Waals surface area contributed by atoms with E-state index in [-0.39, 0.29) is 5.78 Å². The molecular formula is C15H23NO3. The van der Waals surface area contributed by atoms with Crippen LogP contribution in [-0.2, 0) is 4.74 Å². The number of likely N-dealkylation sites (N-methyl/N-ethyl adjacent to an activating group) is 1. The highest BCUT2D eigenvalue weighted by Crippen LogP contribution is 2.18. The third-order valence-electron chi connectivity index (χ3n) is 2.79. The lowest BCUT2D eigenvalue weighted by molar-refractivity contribution is 0.0935. The third-order valence-corrected chi connectivity index (χ3v) is 2.79. The van der Waals surface area contributed by atoms with Crippen molar-refractivity contribution in [1.82, 2.24) is 4.90 Å². The van der Waals surface area contributed by atoms with E-state index < -0.39 is 0 Å². The van der Waals surface area contributed by atoms with Crippen molar-refractivity contribution in [3.63, 3.8) is 0 Å². The summed E-state index contributed by atoms with van der Waals surface area (Å²) >= 11 is 0. The molecule has 1 rings (SSSR count). The molecule has 0 atom stereocenters. The van der Waals surface area contributed by atoms with Crippen LogP contribution in [-0.4, -0.2) is 51.1 Å². The van der Waals surface area contributed by atoms with Crippen molar-refractivity contribution in [3.05, 3.63) is 29.8 Å². The van der Waals surface area contributed by atoms with Crippen LogP contribution in [0, 0.1) is 0 Å². The van der Waals surface area contributed by atoms with E-state index in [1.54, 1.807) is 7.11 Å². The van der Waals surface area contributed by atoms with Crippen molar-refractivity contribution in [3.8, 4) is 5.75 Å². The average molecular weight is 265 g/mol. The number of ether oxygens (including phenoxy) is 2. The molecule has 0 aromatic heterocycles. The van der Waals surface area contributed by atoms with Crippen LogP contribution in [0.2, 0.25) is 0 Å². The van der Waals surface area contributed by atoms with Crippen molar-refractivity contribution in [2.75, 3.05) is 40.5 Å². The fraction of sp³-hybridized carbons (Fsp3) is 0.533. The minimum absolute atomic E-state index is 0.0870. The number of methoxy groups -OCH3 is 1. The largest absolute Gasteiger partial charge is 0.493 e. The summed E-state index contributed by atoms with van der Waals surface area (Å²) < 4.78 is 10.5. The third kappa shape index (κ3) is 5.41. The maximum atomic E-state index is 12.2. The molecule has 0 N–H and O–H groups in total. The maximum Gasteiger partial charge on any atom is 0.180 e. The molecule has 0 heterocycles. The normalized spacial score (nSPS) is 10.7. The van der Waals surface area contributed by atoms with E-state index in [0.717, 1.165) is 13.0 Å². The summed E-state index contributed by atoms with van der Waals surface area (Å²) in [6.07, 6.45) is 0.924. The summed E-state index contributed by atoms with van der Waals surface area (Å²) in [5.74, 6) is 0.754. The van der Waals surface area contributed by atoms with Gasteiger partial charge in [0.2, 0.25) is 0 Å². The average Bonchev–Trinajstić information content (AvgIpc) is 2.40.